The van der Waals surface area contributed by atoms with Crippen molar-refractivity contribution in [3.63, 3.8) is 0 Å². The van der Waals surface area contributed by atoms with Crippen molar-refractivity contribution in [1.82, 2.24) is 20.3 Å². The summed E-state index contributed by atoms with van der Waals surface area (Å²) in [6.07, 6.45) is -1.11. The first kappa shape index (κ1) is 13.5. The zero-order valence-corrected chi connectivity index (χ0v) is 10.6. The van der Waals surface area contributed by atoms with Gasteiger partial charge in [0.05, 0.1) is 0 Å². The molecule has 104 valence electrons. The van der Waals surface area contributed by atoms with Gasteiger partial charge in [-0.05, 0) is 10.4 Å². The number of nitrogen functional groups attached to an aromatic ring is 1. The summed E-state index contributed by atoms with van der Waals surface area (Å²) >= 11 is 0. The van der Waals surface area contributed by atoms with Gasteiger partial charge in [-0.1, -0.05) is 35.4 Å². The molecule has 9 heteroatoms. The topological polar surface area (TPSA) is 125 Å². The SMILES string of the molecule is CC(=O)O[C@H](C(=O)Nn1nnnc1N)c1ccccc1. The molecule has 1 aromatic heterocycles. The van der Waals surface area contributed by atoms with E-state index in [1.165, 1.54) is 6.92 Å². The first-order chi connectivity index (χ1) is 9.58. The van der Waals surface area contributed by atoms with Gasteiger partial charge in [0.25, 0.3) is 11.9 Å². The Morgan fingerprint density at radius 1 is 1.35 bits per heavy atom. The molecule has 0 fully saturated rings. The summed E-state index contributed by atoms with van der Waals surface area (Å²) in [7, 11) is 0. The molecule has 3 N–H and O–H groups in total. The number of amides is 1. The maximum atomic E-state index is 12.1. The van der Waals surface area contributed by atoms with Crippen LogP contribution in [0, 0.1) is 0 Å². The molecule has 2 rings (SSSR count). The third-order valence-electron chi connectivity index (χ3n) is 2.33. The van der Waals surface area contributed by atoms with Gasteiger partial charge in [0.2, 0.25) is 6.10 Å². The lowest BCUT2D eigenvalue weighted by molar-refractivity contribution is -0.152. The Bertz CT molecular complexity index is 612. The fourth-order valence-electron chi connectivity index (χ4n) is 1.50. The normalized spacial score (nSPS) is 11.7. The molecular weight excluding hydrogens is 264 g/mol. The standard InChI is InChI=1S/C11H12N6O3/c1-7(18)20-9(8-5-3-2-4-6-8)10(19)14-17-11(12)13-15-16-17/h2-6,9H,1H3,(H,14,19)(H2,12,13,16)/t9-/m0/s1. The van der Waals surface area contributed by atoms with E-state index in [-0.39, 0.29) is 5.95 Å². The molecule has 0 unspecified atom stereocenters. The number of aromatic nitrogens is 4. The van der Waals surface area contributed by atoms with Crippen molar-refractivity contribution in [3.8, 4) is 0 Å². The van der Waals surface area contributed by atoms with Gasteiger partial charge in [-0.3, -0.25) is 9.59 Å². The van der Waals surface area contributed by atoms with Gasteiger partial charge in [0, 0.05) is 12.5 Å². The van der Waals surface area contributed by atoms with Gasteiger partial charge in [0.15, 0.2) is 0 Å². The molecule has 0 saturated heterocycles. The van der Waals surface area contributed by atoms with E-state index in [2.05, 4.69) is 21.0 Å². The first-order valence-corrected chi connectivity index (χ1v) is 5.65. The molecular formula is C11H12N6O3. The number of hydrogen-bond acceptors (Lipinski definition) is 7. The number of nitrogens with zero attached hydrogens (tertiary/aromatic N) is 4. The predicted octanol–water partition coefficient (Wildman–Crippen LogP) is -0.370. The first-order valence-electron chi connectivity index (χ1n) is 5.65. The molecule has 1 amide bonds. The lowest BCUT2D eigenvalue weighted by Crippen LogP contribution is -2.32. The third kappa shape index (κ3) is 3.07. The largest absolute Gasteiger partial charge is 0.447 e. The number of benzene rings is 1. The van der Waals surface area contributed by atoms with Crippen molar-refractivity contribution in [1.29, 1.82) is 0 Å². The van der Waals surface area contributed by atoms with E-state index in [0.717, 1.165) is 4.79 Å². The van der Waals surface area contributed by atoms with E-state index in [1.807, 2.05) is 0 Å². The fourth-order valence-corrected chi connectivity index (χ4v) is 1.50. The minimum atomic E-state index is -1.11. The van der Waals surface area contributed by atoms with Gasteiger partial charge < -0.3 is 10.5 Å². The summed E-state index contributed by atoms with van der Waals surface area (Å²) in [5, 5.41) is 10.2. The van der Waals surface area contributed by atoms with E-state index in [4.69, 9.17) is 10.5 Å². The van der Waals surface area contributed by atoms with Crippen LogP contribution in [0.4, 0.5) is 5.95 Å². The second-order valence-electron chi connectivity index (χ2n) is 3.83. The molecule has 0 aliphatic rings. The van der Waals surface area contributed by atoms with Gasteiger partial charge in [-0.15, -0.1) is 4.79 Å². The van der Waals surface area contributed by atoms with Crippen molar-refractivity contribution in [2.45, 2.75) is 13.0 Å². The monoisotopic (exact) mass is 276 g/mol. The number of tetrazole rings is 1. The summed E-state index contributed by atoms with van der Waals surface area (Å²) in [5.41, 5.74) is 8.29. The van der Waals surface area contributed by atoms with Gasteiger partial charge >= 0.3 is 5.97 Å². The molecule has 0 aliphatic carbocycles. The summed E-state index contributed by atoms with van der Waals surface area (Å²) in [6.45, 7) is 1.22. The molecule has 1 heterocycles. The van der Waals surface area contributed by atoms with Crippen LogP contribution in [-0.2, 0) is 14.3 Å². The molecule has 0 saturated carbocycles. The molecule has 2 aromatic rings. The lowest BCUT2D eigenvalue weighted by Gasteiger charge is -2.16. The summed E-state index contributed by atoms with van der Waals surface area (Å²) < 4.78 is 5.01. The number of esters is 1. The van der Waals surface area contributed by atoms with Crippen LogP contribution in [0.1, 0.15) is 18.6 Å². The highest BCUT2D eigenvalue weighted by Crippen LogP contribution is 2.18. The zero-order chi connectivity index (χ0) is 14.5. The molecule has 1 aromatic carbocycles. The Morgan fingerprint density at radius 3 is 2.60 bits per heavy atom. The van der Waals surface area contributed by atoms with Crippen LogP contribution in [0.15, 0.2) is 30.3 Å². The molecule has 0 spiro atoms. The number of anilines is 1. The van der Waals surface area contributed by atoms with Crippen molar-refractivity contribution in [3.05, 3.63) is 35.9 Å². The Morgan fingerprint density at radius 2 is 2.05 bits per heavy atom. The van der Waals surface area contributed by atoms with Gasteiger partial charge in [-0.25, -0.2) is 5.43 Å². The number of carbonyl (C=O) groups excluding carboxylic acids is 2. The zero-order valence-electron chi connectivity index (χ0n) is 10.6. The molecule has 20 heavy (non-hydrogen) atoms. The summed E-state index contributed by atoms with van der Waals surface area (Å²) in [4.78, 5) is 24.2. The average Bonchev–Trinajstić information content (AvgIpc) is 2.82. The Labute approximate surface area is 113 Å². The second-order valence-corrected chi connectivity index (χ2v) is 3.83. The van der Waals surface area contributed by atoms with Gasteiger partial charge in [-0.2, -0.15) is 0 Å². The van der Waals surface area contributed by atoms with Gasteiger partial charge in [0.1, 0.15) is 0 Å². The Balaban J connectivity index is 2.21. The number of ether oxygens (including phenoxy) is 1. The highest BCUT2D eigenvalue weighted by molar-refractivity contribution is 5.90. The smallest absolute Gasteiger partial charge is 0.303 e. The Hall–Kier alpha value is -2.97. The summed E-state index contributed by atoms with van der Waals surface area (Å²) in [6, 6.07) is 8.56. The molecule has 0 aliphatic heterocycles. The van der Waals surface area contributed by atoms with Crippen LogP contribution in [-0.4, -0.2) is 32.2 Å². The van der Waals surface area contributed by atoms with Crippen LogP contribution >= 0.6 is 0 Å². The van der Waals surface area contributed by atoms with Crippen molar-refractivity contribution in [2.75, 3.05) is 11.2 Å². The number of hydrogen-bond donors (Lipinski definition) is 2. The van der Waals surface area contributed by atoms with Crippen LogP contribution in [0.2, 0.25) is 0 Å². The van der Waals surface area contributed by atoms with Crippen molar-refractivity contribution < 1.29 is 14.3 Å². The van der Waals surface area contributed by atoms with Crippen molar-refractivity contribution in [2.24, 2.45) is 0 Å². The van der Waals surface area contributed by atoms with Crippen LogP contribution < -0.4 is 11.2 Å². The van der Waals surface area contributed by atoms with Crippen molar-refractivity contribution >= 4 is 17.8 Å². The maximum absolute atomic E-state index is 12.1. The third-order valence-corrected chi connectivity index (χ3v) is 2.33. The molecule has 0 bridgehead atoms. The fraction of sp³-hybridized carbons (Fsp3) is 0.182. The quantitative estimate of drug-likeness (QED) is 0.730. The number of carbonyl (C=O) groups is 2. The number of rotatable bonds is 4. The van der Waals surface area contributed by atoms with Crippen LogP contribution in [0.25, 0.3) is 0 Å². The van der Waals surface area contributed by atoms with Crippen LogP contribution in [0.3, 0.4) is 0 Å². The van der Waals surface area contributed by atoms with E-state index < -0.39 is 18.0 Å². The molecule has 1 atom stereocenters. The van der Waals surface area contributed by atoms with Crippen LogP contribution in [0.5, 0.6) is 0 Å². The maximum Gasteiger partial charge on any atom is 0.303 e. The molecule has 9 nitrogen and oxygen atoms in total. The average molecular weight is 276 g/mol. The highest BCUT2D eigenvalue weighted by atomic mass is 16.5. The van der Waals surface area contributed by atoms with E-state index in [9.17, 15) is 9.59 Å². The summed E-state index contributed by atoms with van der Waals surface area (Å²) in [5.74, 6) is -1.29. The number of nitrogens with two attached hydrogens (primary N) is 1. The van der Waals surface area contributed by atoms with E-state index >= 15 is 0 Å². The lowest BCUT2D eigenvalue weighted by atomic mass is 10.1. The minimum absolute atomic E-state index is 0.0898. The number of nitrogens with one attached hydrogen (secondary N) is 1. The van der Waals surface area contributed by atoms with E-state index in [0.29, 0.717) is 5.56 Å². The minimum Gasteiger partial charge on any atom is -0.447 e. The Kier molecular flexibility index (Phi) is 3.89. The molecule has 0 radical (unpaired) electrons. The predicted molar refractivity (Wildman–Crippen MR) is 67.5 cm³/mol. The second kappa shape index (κ2) is 5.78. The van der Waals surface area contributed by atoms with E-state index in [1.54, 1.807) is 30.3 Å². The highest BCUT2D eigenvalue weighted by Gasteiger charge is 2.24.